The number of amides is 2. The van der Waals surface area contributed by atoms with Crippen molar-refractivity contribution in [1.82, 2.24) is 24.2 Å². The molecule has 4 rings (SSSR count). The lowest BCUT2D eigenvalue weighted by molar-refractivity contribution is -0.127. The first-order valence-electron chi connectivity index (χ1n) is 12.7. The molecule has 0 radical (unpaired) electrons. The third-order valence-electron chi connectivity index (χ3n) is 6.76. The summed E-state index contributed by atoms with van der Waals surface area (Å²) in [6, 6.07) is 0.524. The van der Waals surface area contributed by atoms with Gasteiger partial charge in [0.15, 0.2) is 11.5 Å². The smallest absolute Gasteiger partial charge is 0.255 e. The molecule has 1 fully saturated rings. The summed E-state index contributed by atoms with van der Waals surface area (Å²) in [6.45, 7) is 7.04. The number of carbonyl (C=O) groups excluding carboxylic acids is 2. The number of methoxy groups -OCH3 is 2. The number of rotatable bonds is 10. The van der Waals surface area contributed by atoms with Crippen molar-refractivity contribution in [1.29, 1.82) is 0 Å². The predicted molar refractivity (Wildman–Crippen MR) is 144 cm³/mol. The van der Waals surface area contributed by atoms with Crippen LogP contribution in [0.5, 0.6) is 0 Å². The number of hydrogen-bond acceptors (Lipinski definition) is 7. The lowest BCUT2D eigenvalue weighted by Crippen LogP contribution is -2.37. The second-order valence-electron chi connectivity index (χ2n) is 9.19. The fourth-order valence-corrected chi connectivity index (χ4v) is 4.88. The molecule has 2 aromatic heterocycles. The SMILES string of the molecule is C=CC(=O)N1C[C@@H](n2nc(C#Cc3c(F)cc4c(ncn4CC)c3F)c(C(N)=O)c2NCCOC)C[C@H]1COC. The first kappa shape index (κ1) is 28.7. The number of imidazole rings is 1. The average molecular weight is 556 g/mol. The molecule has 1 aromatic carbocycles. The van der Waals surface area contributed by atoms with Gasteiger partial charge in [-0.1, -0.05) is 12.5 Å². The van der Waals surface area contributed by atoms with E-state index in [0.29, 0.717) is 31.6 Å². The van der Waals surface area contributed by atoms with E-state index >= 15 is 4.39 Å². The lowest BCUT2D eigenvalue weighted by Gasteiger charge is -2.22. The van der Waals surface area contributed by atoms with Crippen LogP contribution in [-0.2, 0) is 20.8 Å². The molecular formula is C27H31F2N7O4. The molecule has 3 aromatic rings. The first-order valence-corrected chi connectivity index (χ1v) is 12.7. The number of nitrogens with zero attached hydrogens (tertiary/aromatic N) is 5. The van der Waals surface area contributed by atoms with Gasteiger partial charge < -0.3 is 30.0 Å². The summed E-state index contributed by atoms with van der Waals surface area (Å²) in [7, 11) is 3.07. The third-order valence-corrected chi connectivity index (χ3v) is 6.76. The number of likely N-dealkylation sites (tertiary alicyclic amines) is 1. The Morgan fingerprint density at radius 1 is 1.30 bits per heavy atom. The number of hydrogen-bond donors (Lipinski definition) is 2. The number of ether oxygens (including phenoxy) is 2. The van der Waals surface area contributed by atoms with Crippen LogP contribution >= 0.6 is 0 Å². The van der Waals surface area contributed by atoms with E-state index in [1.165, 1.54) is 37.4 Å². The zero-order valence-electron chi connectivity index (χ0n) is 22.5. The Morgan fingerprint density at radius 3 is 2.73 bits per heavy atom. The van der Waals surface area contributed by atoms with Crippen molar-refractivity contribution in [2.75, 3.05) is 45.8 Å². The van der Waals surface area contributed by atoms with E-state index in [2.05, 4.69) is 33.8 Å². The van der Waals surface area contributed by atoms with E-state index in [9.17, 15) is 14.0 Å². The van der Waals surface area contributed by atoms with Crippen LogP contribution in [-0.4, -0.2) is 82.6 Å². The van der Waals surface area contributed by atoms with E-state index < -0.39 is 23.1 Å². The molecule has 3 N–H and O–H groups in total. The number of nitrogens with two attached hydrogens (primary N) is 1. The highest BCUT2D eigenvalue weighted by atomic mass is 19.1. The van der Waals surface area contributed by atoms with Crippen LogP contribution in [0, 0.1) is 23.5 Å². The Labute approximate surface area is 229 Å². The molecule has 0 spiro atoms. The fourth-order valence-electron chi connectivity index (χ4n) is 4.88. The van der Waals surface area contributed by atoms with Gasteiger partial charge in [0.2, 0.25) is 5.91 Å². The zero-order valence-corrected chi connectivity index (χ0v) is 22.5. The van der Waals surface area contributed by atoms with Crippen molar-refractivity contribution in [2.24, 2.45) is 5.73 Å². The van der Waals surface area contributed by atoms with Crippen LogP contribution in [0.1, 0.15) is 41.0 Å². The largest absolute Gasteiger partial charge is 0.383 e. The molecule has 3 heterocycles. The molecule has 1 aliphatic rings. The summed E-state index contributed by atoms with van der Waals surface area (Å²) in [6.07, 6.45) is 3.11. The standard InChI is InChI=1S/C27H31F2N7O4/c1-5-22(37)35-13-16(11-17(35)14-40-4)36-27(31-9-10-39-3)23(26(30)38)20(33-36)8-7-18-19(28)12-21-25(24(18)29)32-15-34(21)6-2/h5,12,15-17,31H,1,6,9-11,13-14H2,2-4H3,(H2,30,38)/t16-,17-/m0/s1. The molecule has 0 bridgehead atoms. The quantitative estimate of drug-likeness (QED) is 0.223. The van der Waals surface area contributed by atoms with Gasteiger partial charge in [0, 0.05) is 39.9 Å². The summed E-state index contributed by atoms with van der Waals surface area (Å²) in [5.41, 5.74) is 5.41. The van der Waals surface area contributed by atoms with E-state index in [0.717, 1.165) is 0 Å². The number of primary amides is 1. The summed E-state index contributed by atoms with van der Waals surface area (Å²) < 4.78 is 43.7. The van der Waals surface area contributed by atoms with Crippen molar-refractivity contribution >= 4 is 28.7 Å². The Bertz CT molecular complexity index is 1500. The van der Waals surface area contributed by atoms with Gasteiger partial charge in [0.25, 0.3) is 5.91 Å². The van der Waals surface area contributed by atoms with Gasteiger partial charge in [-0.2, -0.15) is 5.10 Å². The Kier molecular flexibility index (Phi) is 8.81. The molecule has 1 saturated heterocycles. The van der Waals surface area contributed by atoms with Gasteiger partial charge in [0.1, 0.15) is 22.7 Å². The highest BCUT2D eigenvalue weighted by Gasteiger charge is 2.38. The minimum Gasteiger partial charge on any atom is -0.383 e. The summed E-state index contributed by atoms with van der Waals surface area (Å²) in [5, 5.41) is 7.64. The minimum atomic E-state index is -0.912. The summed E-state index contributed by atoms with van der Waals surface area (Å²) in [4.78, 5) is 30.8. The molecule has 0 unspecified atom stereocenters. The third kappa shape index (κ3) is 5.41. The number of carbonyl (C=O) groups is 2. The lowest BCUT2D eigenvalue weighted by atomic mass is 10.1. The number of aryl methyl sites for hydroxylation is 1. The van der Waals surface area contributed by atoms with Gasteiger partial charge in [-0.3, -0.25) is 9.59 Å². The Morgan fingerprint density at radius 2 is 2.08 bits per heavy atom. The maximum absolute atomic E-state index is 15.2. The highest BCUT2D eigenvalue weighted by Crippen LogP contribution is 2.33. The summed E-state index contributed by atoms with van der Waals surface area (Å²) >= 11 is 0. The molecule has 0 saturated carbocycles. The van der Waals surface area contributed by atoms with Crippen LogP contribution in [0.25, 0.3) is 11.0 Å². The van der Waals surface area contributed by atoms with Crippen molar-refractivity contribution < 1.29 is 27.8 Å². The average Bonchev–Trinajstić information content (AvgIpc) is 3.63. The number of benzene rings is 1. The molecular weight excluding hydrogens is 524 g/mol. The first-order chi connectivity index (χ1) is 19.2. The molecule has 212 valence electrons. The van der Waals surface area contributed by atoms with Crippen LogP contribution in [0.15, 0.2) is 25.0 Å². The monoisotopic (exact) mass is 555 g/mol. The Balaban J connectivity index is 1.81. The summed E-state index contributed by atoms with van der Waals surface area (Å²) in [5.74, 6) is 2.51. The second-order valence-corrected chi connectivity index (χ2v) is 9.19. The molecule has 40 heavy (non-hydrogen) atoms. The van der Waals surface area contributed by atoms with Gasteiger partial charge in [-0.05, 0) is 25.3 Å². The molecule has 0 aliphatic carbocycles. The van der Waals surface area contributed by atoms with Gasteiger partial charge in [0.05, 0.1) is 42.7 Å². The van der Waals surface area contributed by atoms with Crippen molar-refractivity contribution in [3.8, 4) is 11.8 Å². The highest BCUT2D eigenvalue weighted by molar-refractivity contribution is 6.00. The van der Waals surface area contributed by atoms with Crippen LogP contribution in [0.4, 0.5) is 14.6 Å². The zero-order chi connectivity index (χ0) is 29.0. The number of halogens is 2. The molecule has 2 atom stereocenters. The molecule has 2 amide bonds. The van der Waals surface area contributed by atoms with Gasteiger partial charge in [-0.15, -0.1) is 0 Å². The van der Waals surface area contributed by atoms with Crippen molar-refractivity contribution in [3.05, 3.63) is 53.5 Å². The molecule has 11 nitrogen and oxygen atoms in total. The predicted octanol–water partition coefficient (Wildman–Crippen LogP) is 2.06. The van der Waals surface area contributed by atoms with Crippen LogP contribution in [0.2, 0.25) is 0 Å². The second kappa shape index (κ2) is 12.3. The van der Waals surface area contributed by atoms with Crippen molar-refractivity contribution in [3.63, 3.8) is 0 Å². The maximum Gasteiger partial charge on any atom is 0.255 e. The van der Waals surface area contributed by atoms with Crippen molar-refractivity contribution in [2.45, 2.75) is 32.0 Å². The normalized spacial score (nSPS) is 16.7. The topological polar surface area (TPSA) is 130 Å². The number of fused-ring (bicyclic) bond motifs is 1. The maximum atomic E-state index is 15.2. The van der Waals surface area contributed by atoms with Gasteiger partial charge >= 0.3 is 0 Å². The van der Waals surface area contributed by atoms with E-state index in [1.54, 1.807) is 9.47 Å². The Hall–Kier alpha value is -4.28. The van der Waals surface area contributed by atoms with E-state index in [-0.39, 0.29) is 53.7 Å². The number of anilines is 1. The number of aromatic nitrogens is 4. The van der Waals surface area contributed by atoms with E-state index in [1.807, 2.05) is 6.92 Å². The molecule has 1 aliphatic heterocycles. The van der Waals surface area contributed by atoms with Crippen LogP contribution in [0.3, 0.4) is 0 Å². The van der Waals surface area contributed by atoms with Gasteiger partial charge in [-0.25, -0.2) is 18.4 Å². The fraction of sp³-hybridized carbons (Fsp3) is 0.407. The van der Waals surface area contributed by atoms with Crippen LogP contribution < -0.4 is 11.1 Å². The molecule has 13 heteroatoms. The van der Waals surface area contributed by atoms with E-state index in [4.69, 9.17) is 15.2 Å². The minimum absolute atomic E-state index is 0.0164. The number of nitrogens with one attached hydrogen (secondary N) is 1.